The van der Waals surface area contributed by atoms with Crippen LogP contribution < -0.4 is 10.9 Å². The predicted molar refractivity (Wildman–Crippen MR) is 125 cm³/mol. The van der Waals surface area contributed by atoms with Crippen LogP contribution in [-0.2, 0) is 4.74 Å². The Morgan fingerprint density at radius 1 is 1.25 bits per heavy atom. The van der Waals surface area contributed by atoms with Gasteiger partial charge < -0.3 is 15.0 Å². The van der Waals surface area contributed by atoms with Crippen LogP contribution in [0.25, 0.3) is 21.8 Å². The highest BCUT2D eigenvalue weighted by Crippen LogP contribution is 2.28. The van der Waals surface area contributed by atoms with E-state index in [-0.39, 0.29) is 11.5 Å². The average molecular weight is 454 g/mol. The molecule has 1 aliphatic heterocycles. The normalized spacial score (nSPS) is 14.6. The summed E-state index contributed by atoms with van der Waals surface area (Å²) < 4.78 is 5.58. The SMILES string of the molecule is CC(C)c1[nH]c(=O)c(-c2csc(-c3ccncc3)n2)cc1C(=O)OCCN1CCNCC1. The number of carbonyl (C=O) groups is 1. The number of carbonyl (C=O) groups excluding carboxylic acids is 1. The van der Waals surface area contributed by atoms with Gasteiger partial charge in [-0.2, -0.15) is 0 Å². The monoisotopic (exact) mass is 453 g/mol. The summed E-state index contributed by atoms with van der Waals surface area (Å²) in [5, 5.41) is 5.92. The van der Waals surface area contributed by atoms with Crippen molar-refractivity contribution in [3.63, 3.8) is 0 Å². The minimum Gasteiger partial charge on any atom is -0.461 e. The van der Waals surface area contributed by atoms with Crippen molar-refractivity contribution in [2.24, 2.45) is 0 Å². The number of aromatic nitrogens is 3. The number of thiazole rings is 1. The molecule has 3 aromatic heterocycles. The highest BCUT2D eigenvalue weighted by Gasteiger charge is 2.21. The molecule has 0 atom stereocenters. The zero-order valence-corrected chi connectivity index (χ0v) is 19.1. The van der Waals surface area contributed by atoms with Crippen molar-refractivity contribution < 1.29 is 9.53 Å². The fourth-order valence-corrected chi connectivity index (χ4v) is 4.49. The maximum atomic E-state index is 12.9. The Balaban J connectivity index is 1.57. The molecule has 168 valence electrons. The third kappa shape index (κ3) is 5.12. The number of rotatable bonds is 7. The number of pyridine rings is 2. The number of piperazine rings is 1. The molecule has 0 unspecified atom stereocenters. The number of nitrogens with zero attached hydrogens (tertiary/aromatic N) is 3. The molecule has 4 rings (SSSR count). The van der Waals surface area contributed by atoms with E-state index < -0.39 is 5.97 Å². The summed E-state index contributed by atoms with van der Waals surface area (Å²) in [5.41, 5.74) is 2.52. The van der Waals surface area contributed by atoms with E-state index in [2.05, 4.69) is 25.2 Å². The standard InChI is InChI=1S/C23H27N5O3S/c1-15(2)20-18(23(30)31-12-11-28-9-7-25-8-10-28)13-17(21(29)27-20)19-14-32-22(26-19)16-3-5-24-6-4-16/h3-6,13-15,25H,7-12H2,1-2H3,(H,27,29). The second-order valence-corrected chi connectivity index (χ2v) is 8.85. The first-order chi connectivity index (χ1) is 15.5. The Kier molecular flexibility index (Phi) is 7.09. The van der Waals surface area contributed by atoms with Crippen LogP contribution in [-0.4, -0.2) is 65.2 Å². The topological polar surface area (TPSA) is 100 Å². The number of hydrogen-bond donors (Lipinski definition) is 2. The van der Waals surface area contributed by atoms with Crippen molar-refractivity contribution in [1.29, 1.82) is 0 Å². The molecule has 0 radical (unpaired) electrons. The molecular formula is C23H27N5O3S. The molecule has 0 spiro atoms. The van der Waals surface area contributed by atoms with Crippen LogP contribution in [0.4, 0.5) is 0 Å². The van der Waals surface area contributed by atoms with Crippen molar-refractivity contribution in [3.8, 4) is 21.8 Å². The summed E-state index contributed by atoms with van der Waals surface area (Å²) in [6.07, 6.45) is 3.41. The summed E-state index contributed by atoms with van der Waals surface area (Å²) in [7, 11) is 0. The lowest BCUT2D eigenvalue weighted by molar-refractivity contribution is 0.0453. The highest BCUT2D eigenvalue weighted by molar-refractivity contribution is 7.13. The van der Waals surface area contributed by atoms with Crippen molar-refractivity contribution in [1.82, 2.24) is 25.2 Å². The van der Waals surface area contributed by atoms with Gasteiger partial charge in [0.1, 0.15) is 11.6 Å². The summed E-state index contributed by atoms with van der Waals surface area (Å²) in [6, 6.07) is 5.36. The Bertz CT molecular complexity index is 1120. The molecule has 0 aliphatic carbocycles. The van der Waals surface area contributed by atoms with Gasteiger partial charge in [0, 0.05) is 61.8 Å². The summed E-state index contributed by atoms with van der Waals surface area (Å²) in [5.74, 6) is -0.457. The Morgan fingerprint density at radius 3 is 2.72 bits per heavy atom. The molecule has 0 saturated carbocycles. The molecule has 0 aromatic carbocycles. The maximum absolute atomic E-state index is 12.9. The van der Waals surface area contributed by atoms with Crippen molar-refractivity contribution in [3.05, 3.63) is 57.6 Å². The fraction of sp³-hybridized carbons (Fsp3) is 0.391. The van der Waals surface area contributed by atoms with E-state index in [0.29, 0.717) is 35.7 Å². The lowest BCUT2D eigenvalue weighted by Gasteiger charge is -2.26. The van der Waals surface area contributed by atoms with E-state index in [4.69, 9.17) is 4.74 Å². The second kappa shape index (κ2) is 10.2. The molecule has 32 heavy (non-hydrogen) atoms. The Morgan fingerprint density at radius 2 is 2.00 bits per heavy atom. The van der Waals surface area contributed by atoms with Gasteiger partial charge in [-0.25, -0.2) is 9.78 Å². The minimum atomic E-state index is -0.425. The van der Waals surface area contributed by atoms with Crippen LogP contribution >= 0.6 is 11.3 Å². The van der Waals surface area contributed by atoms with Gasteiger partial charge in [-0.1, -0.05) is 13.8 Å². The van der Waals surface area contributed by atoms with E-state index in [1.165, 1.54) is 11.3 Å². The van der Waals surface area contributed by atoms with Crippen molar-refractivity contribution in [2.75, 3.05) is 39.3 Å². The van der Waals surface area contributed by atoms with Gasteiger partial charge in [0.2, 0.25) is 0 Å². The molecule has 1 fully saturated rings. The highest BCUT2D eigenvalue weighted by atomic mass is 32.1. The van der Waals surface area contributed by atoms with Crippen LogP contribution in [0.1, 0.15) is 35.8 Å². The minimum absolute atomic E-state index is 0.0321. The van der Waals surface area contributed by atoms with E-state index in [1.54, 1.807) is 18.5 Å². The molecule has 0 bridgehead atoms. The van der Waals surface area contributed by atoms with Gasteiger partial charge in [-0.15, -0.1) is 11.3 Å². The predicted octanol–water partition coefficient (Wildman–Crippen LogP) is 2.75. The molecular weight excluding hydrogens is 426 g/mol. The van der Waals surface area contributed by atoms with E-state index in [9.17, 15) is 9.59 Å². The first kappa shape index (κ1) is 22.3. The smallest absolute Gasteiger partial charge is 0.339 e. The molecule has 4 heterocycles. The van der Waals surface area contributed by atoms with Gasteiger partial charge in [-0.3, -0.25) is 14.7 Å². The van der Waals surface area contributed by atoms with Gasteiger partial charge in [0.15, 0.2) is 0 Å². The molecule has 3 aromatic rings. The quantitative estimate of drug-likeness (QED) is 0.531. The zero-order valence-electron chi connectivity index (χ0n) is 18.3. The molecule has 8 nitrogen and oxygen atoms in total. The van der Waals surface area contributed by atoms with Gasteiger partial charge >= 0.3 is 5.97 Å². The number of hydrogen-bond acceptors (Lipinski definition) is 8. The number of aromatic amines is 1. The number of esters is 1. The molecule has 9 heteroatoms. The lowest BCUT2D eigenvalue weighted by atomic mass is 10.0. The number of H-pyrrole nitrogens is 1. The van der Waals surface area contributed by atoms with Crippen LogP contribution in [0.5, 0.6) is 0 Å². The third-order valence-corrected chi connectivity index (χ3v) is 6.32. The first-order valence-electron chi connectivity index (χ1n) is 10.8. The maximum Gasteiger partial charge on any atom is 0.339 e. The van der Waals surface area contributed by atoms with E-state index >= 15 is 0 Å². The first-order valence-corrected chi connectivity index (χ1v) is 11.6. The van der Waals surface area contributed by atoms with Crippen molar-refractivity contribution >= 4 is 17.3 Å². The molecule has 0 amide bonds. The summed E-state index contributed by atoms with van der Waals surface area (Å²) in [6.45, 7) is 8.67. The van der Waals surface area contributed by atoms with Crippen LogP contribution in [0.2, 0.25) is 0 Å². The Hall–Kier alpha value is -2.88. The third-order valence-electron chi connectivity index (χ3n) is 5.43. The van der Waals surface area contributed by atoms with Gasteiger partial charge in [0.05, 0.1) is 16.8 Å². The number of ether oxygens (including phenoxy) is 1. The zero-order chi connectivity index (χ0) is 22.5. The molecule has 1 aliphatic rings. The summed E-state index contributed by atoms with van der Waals surface area (Å²) in [4.78, 5) is 39.6. The number of nitrogens with one attached hydrogen (secondary N) is 2. The van der Waals surface area contributed by atoms with Gasteiger partial charge in [-0.05, 0) is 24.1 Å². The average Bonchev–Trinajstić information content (AvgIpc) is 3.30. The second-order valence-electron chi connectivity index (χ2n) is 8.00. The van der Waals surface area contributed by atoms with E-state index in [0.717, 1.165) is 36.8 Å². The lowest BCUT2D eigenvalue weighted by Crippen LogP contribution is -2.44. The largest absolute Gasteiger partial charge is 0.461 e. The van der Waals surface area contributed by atoms with Crippen LogP contribution in [0, 0.1) is 0 Å². The Labute approximate surface area is 190 Å². The van der Waals surface area contributed by atoms with E-state index in [1.807, 2.05) is 31.4 Å². The molecule has 1 saturated heterocycles. The molecule has 2 N–H and O–H groups in total. The summed E-state index contributed by atoms with van der Waals surface area (Å²) >= 11 is 1.44. The fourth-order valence-electron chi connectivity index (χ4n) is 3.66. The van der Waals surface area contributed by atoms with Crippen LogP contribution in [0.3, 0.4) is 0 Å². The van der Waals surface area contributed by atoms with Crippen molar-refractivity contribution in [2.45, 2.75) is 19.8 Å². The van der Waals surface area contributed by atoms with Crippen LogP contribution in [0.15, 0.2) is 40.8 Å². The van der Waals surface area contributed by atoms with Gasteiger partial charge in [0.25, 0.3) is 5.56 Å².